The molecule has 0 aromatic rings. The Morgan fingerprint density at radius 1 is 1.35 bits per heavy atom. The van der Waals surface area contributed by atoms with Crippen molar-refractivity contribution >= 4 is 0 Å². The molecule has 0 atom stereocenters. The Kier molecular flexibility index (Phi) is 7.48. The van der Waals surface area contributed by atoms with Gasteiger partial charge in [-0.2, -0.15) is 0 Å². The summed E-state index contributed by atoms with van der Waals surface area (Å²) in [5.41, 5.74) is 0. The van der Waals surface area contributed by atoms with E-state index in [2.05, 4.69) is 19.1 Å². The second-order valence-electron chi connectivity index (χ2n) is 4.27. The van der Waals surface area contributed by atoms with Gasteiger partial charge in [0.25, 0.3) is 0 Å². The molecule has 0 spiro atoms. The summed E-state index contributed by atoms with van der Waals surface area (Å²) in [5, 5.41) is 0. The maximum Gasteiger partial charge on any atom is 0.118 e. The maximum absolute atomic E-state index is 5.84. The Morgan fingerprint density at radius 3 is 2.76 bits per heavy atom. The molecule has 1 aliphatic heterocycles. The normalized spacial score (nSPS) is 19.3. The monoisotopic (exact) mass is 236 g/mol. The van der Waals surface area contributed by atoms with E-state index in [1.165, 1.54) is 0 Å². The van der Waals surface area contributed by atoms with E-state index < -0.39 is 0 Å². The van der Waals surface area contributed by atoms with Gasteiger partial charge in [0.05, 0.1) is 6.61 Å². The van der Waals surface area contributed by atoms with Crippen LogP contribution in [0.5, 0.6) is 0 Å². The topological polar surface area (TPSA) is 18.5 Å². The highest BCUT2D eigenvalue weighted by molar-refractivity contribution is 5.17. The molecule has 0 radical (unpaired) electrons. The summed E-state index contributed by atoms with van der Waals surface area (Å²) in [5.74, 6) is 1.59. The summed E-state index contributed by atoms with van der Waals surface area (Å²) in [6.45, 7) is 6.70. The number of allylic oxidation sites excluding steroid dienone is 5. The zero-order valence-corrected chi connectivity index (χ0v) is 11.0. The average Bonchev–Trinajstić information content (AvgIpc) is 2.37. The number of rotatable bonds is 6. The van der Waals surface area contributed by atoms with Crippen molar-refractivity contribution in [3.8, 4) is 0 Å². The Balaban J connectivity index is 2.37. The fourth-order valence-corrected chi connectivity index (χ4v) is 1.74. The van der Waals surface area contributed by atoms with E-state index in [1.54, 1.807) is 0 Å². The van der Waals surface area contributed by atoms with Crippen LogP contribution in [0.2, 0.25) is 0 Å². The van der Waals surface area contributed by atoms with Gasteiger partial charge in [0.2, 0.25) is 0 Å². The molecule has 96 valence electrons. The molecule has 0 aromatic carbocycles. The zero-order chi connectivity index (χ0) is 12.3. The van der Waals surface area contributed by atoms with E-state index in [0.29, 0.717) is 5.92 Å². The standard InChI is InChI=1S/C15H24O2/c1-3-5-6-8-15(7-4-2)17-13-14-9-11-16-12-10-14/h4-8,14H,3,9-13H2,1-2H3/b6-5+,7-4-,15-8+. The van der Waals surface area contributed by atoms with Gasteiger partial charge in [-0.25, -0.2) is 0 Å². The quantitative estimate of drug-likeness (QED) is 0.515. The van der Waals surface area contributed by atoms with E-state index in [4.69, 9.17) is 9.47 Å². The number of hydrogen-bond donors (Lipinski definition) is 0. The first-order valence-corrected chi connectivity index (χ1v) is 6.56. The summed E-state index contributed by atoms with van der Waals surface area (Å²) in [7, 11) is 0. The van der Waals surface area contributed by atoms with E-state index in [9.17, 15) is 0 Å². The summed E-state index contributed by atoms with van der Waals surface area (Å²) >= 11 is 0. The van der Waals surface area contributed by atoms with Crippen LogP contribution in [-0.4, -0.2) is 19.8 Å². The lowest BCUT2D eigenvalue weighted by atomic mass is 10.0. The van der Waals surface area contributed by atoms with Crippen molar-refractivity contribution in [2.45, 2.75) is 33.1 Å². The number of ether oxygens (including phenoxy) is 2. The first kappa shape index (κ1) is 14.0. The molecule has 0 aliphatic carbocycles. The third-order valence-electron chi connectivity index (χ3n) is 2.79. The van der Waals surface area contributed by atoms with E-state index in [0.717, 1.165) is 44.8 Å². The van der Waals surface area contributed by atoms with E-state index >= 15 is 0 Å². The van der Waals surface area contributed by atoms with Gasteiger partial charge >= 0.3 is 0 Å². The second kappa shape index (κ2) is 9.06. The Bertz CT molecular complexity index is 271. The average molecular weight is 236 g/mol. The van der Waals surface area contributed by atoms with Gasteiger partial charge in [-0.05, 0) is 44.3 Å². The van der Waals surface area contributed by atoms with Crippen LogP contribution in [0.15, 0.2) is 36.1 Å². The predicted octanol–water partition coefficient (Wildman–Crippen LogP) is 3.86. The van der Waals surface area contributed by atoms with Crippen LogP contribution in [0.1, 0.15) is 33.1 Å². The Hall–Kier alpha value is -1.02. The lowest BCUT2D eigenvalue weighted by Crippen LogP contribution is -2.19. The maximum atomic E-state index is 5.84. The van der Waals surface area contributed by atoms with Gasteiger partial charge < -0.3 is 9.47 Å². The summed E-state index contributed by atoms with van der Waals surface area (Å²) in [6.07, 6.45) is 13.5. The molecule has 0 N–H and O–H groups in total. The van der Waals surface area contributed by atoms with Crippen molar-refractivity contribution < 1.29 is 9.47 Å². The van der Waals surface area contributed by atoms with Gasteiger partial charge in [0, 0.05) is 13.2 Å². The third-order valence-corrected chi connectivity index (χ3v) is 2.79. The van der Waals surface area contributed by atoms with Crippen molar-refractivity contribution in [1.82, 2.24) is 0 Å². The van der Waals surface area contributed by atoms with Gasteiger partial charge in [0.15, 0.2) is 0 Å². The fourth-order valence-electron chi connectivity index (χ4n) is 1.74. The third kappa shape index (κ3) is 6.32. The molecule has 2 nitrogen and oxygen atoms in total. The summed E-state index contributed by atoms with van der Waals surface area (Å²) < 4.78 is 11.2. The highest BCUT2D eigenvalue weighted by Gasteiger charge is 2.14. The molecule has 1 heterocycles. The fraction of sp³-hybridized carbons (Fsp3) is 0.600. The van der Waals surface area contributed by atoms with E-state index in [-0.39, 0.29) is 0 Å². The summed E-state index contributed by atoms with van der Waals surface area (Å²) in [4.78, 5) is 0. The van der Waals surface area contributed by atoms with Crippen LogP contribution in [0, 0.1) is 5.92 Å². The minimum Gasteiger partial charge on any atom is -0.493 e. The molecule has 1 rings (SSSR count). The lowest BCUT2D eigenvalue weighted by Gasteiger charge is -2.22. The minimum atomic E-state index is 0.646. The largest absolute Gasteiger partial charge is 0.493 e. The molecule has 1 fully saturated rings. The Morgan fingerprint density at radius 2 is 2.12 bits per heavy atom. The van der Waals surface area contributed by atoms with Gasteiger partial charge in [-0.1, -0.05) is 25.2 Å². The van der Waals surface area contributed by atoms with Crippen molar-refractivity contribution in [3.63, 3.8) is 0 Å². The van der Waals surface area contributed by atoms with Crippen LogP contribution in [0.25, 0.3) is 0 Å². The van der Waals surface area contributed by atoms with Crippen LogP contribution >= 0.6 is 0 Å². The molecule has 1 aliphatic rings. The van der Waals surface area contributed by atoms with Gasteiger partial charge in [0.1, 0.15) is 5.76 Å². The molecule has 1 saturated heterocycles. The van der Waals surface area contributed by atoms with Gasteiger partial charge in [-0.15, -0.1) is 0 Å². The first-order valence-electron chi connectivity index (χ1n) is 6.56. The van der Waals surface area contributed by atoms with Crippen molar-refractivity contribution in [1.29, 1.82) is 0 Å². The molecule has 0 amide bonds. The molecule has 0 bridgehead atoms. The summed E-state index contributed by atoms with van der Waals surface area (Å²) in [6, 6.07) is 0. The highest BCUT2D eigenvalue weighted by atomic mass is 16.5. The SMILES string of the molecule is C\C=C/C(=C\C=C\CC)OCC1CCOCC1. The van der Waals surface area contributed by atoms with E-state index in [1.807, 2.05) is 25.2 Å². The highest BCUT2D eigenvalue weighted by Crippen LogP contribution is 2.16. The first-order chi connectivity index (χ1) is 8.36. The van der Waals surface area contributed by atoms with Crippen molar-refractivity contribution in [2.24, 2.45) is 5.92 Å². The molecule has 2 heteroatoms. The molecule has 0 unspecified atom stereocenters. The lowest BCUT2D eigenvalue weighted by molar-refractivity contribution is 0.0388. The van der Waals surface area contributed by atoms with Crippen molar-refractivity contribution in [2.75, 3.05) is 19.8 Å². The molecular formula is C15H24O2. The molecule has 17 heavy (non-hydrogen) atoms. The van der Waals surface area contributed by atoms with Crippen LogP contribution < -0.4 is 0 Å². The predicted molar refractivity (Wildman–Crippen MR) is 71.8 cm³/mol. The molecule has 0 aromatic heterocycles. The van der Waals surface area contributed by atoms with Crippen LogP contribution in [0.3, 0.4) is 0 Å². The smallest absolute Gasteiger partial charge is 0.118 e. The Labute approximate surface area is 105 Å². The van der Waals surface area contributed by atoms with Crippen LogP contribution in [-0.2, 0) is 9.47 Å². The zero-order valence-electron chi connectivity index (χ0n) is 11.0. The number of hydrogen-bond acceptors (Lipinski definition) is 2. The molecular weight excluding hydrogens is 212 g/mol. The molecule has 0 saturated carbocycles. The van der Waals surface area contributed by atoms with Gasteiger partial charge in [-0.3, -0.25) is 0 Å². The van der Waals surface area contributed by atoms with Crippen molar-refractivity contribution in [3.05, 3.63) is 36.1 Å². The minimum absolute atomic E-state index is 0.646. The van der Waals surface area contributed by atoms with Crippen LogP contribution in [0.4, 0.5) is 0 Å². The second-order valence-corrected chi connectivity index (χ2v) is 4.27.